The number of hydrogen-bond donors (Lipinski definition) is 2. The molecule has 0 aliphatic carbocycles. The maximum absolute atomic E-state index is 11.3. The van der Waals surface area contributed by atoms with Gasteiger partial charge in [-0.05, 0) is 30.7 Å². The Bertz CT molecular complexity index is 488. The maximum Gasteiger partial charge on any atom is 0.328 e. The van der Waals surface area contributed by atoms with Crippen molar-refractivity contribution in [1.29, 1.82) is 0 Å². The molecule has 0 unspecified atom stereocenters. The van der Waals surface area contributed by atoms with Crippen molar-refractivity contribution in [3.05, 3.63) is 35.9 Å². The first-order valence-electron chi connectivity index (χ1n) is 5.28. The van der Waals surface area contributed by atoms with Crippen LogP contribution in [0.1, 0.15) is 18.9 Å². The van der Waals surface area contributed by atoms with E-state index < -0.39 is 5.97 Å². The highest BCUT2D eigenvalue weighted by Crippen LogP contribution is 2.11. The van der Waals surface area contributed by atoms with Gasteiger partial charge in [0, 0.05) is 11.8 Å². The summed E-state index contributed by atoms with van der Waals surface area (Å²) in [7, 11) is 0. The quantitative estimate of drug-likeness (QED) is 0.612. The van der Waals surface area contributed by atoms with Crippen LogP contribution < -0.4 is 5.32 Å². The number of hydrogen-bond acceptors (Lipinski definition) is 3. The molecule has 0 aliphatic heterocycles. The van der Waals surface area contributed by atoms with E-state index in [9.17, 15) is 14.4 Å². The van der Waals surface area contributed by atoms with Crippen molar-refractivity contribution in [2.75, 3.05) is 5.32 Å². The third-order valence-corrected chi connectivity index (χ3v) is 2.02. The minimum atomic E-state index is -1.02. The molecule has 0 heterocycles. The van der Waals surface area contributed by atoms with E-state index >= 15 is 0 Å². The van der Waals surface area contributed by atoms with Crippen molar-refractivity contribution >= 4 is 29.4 Å². The largest absolute Gasteiger partial charge is 0.478 e. The molecule has 5 nitrogen and oxygen atoms in total. The van der Waals surface area contributed by atoms with Crippen molar-refractivity contribution in [2.45, 2.75) is 13.3 Å². The number of carbonyl (C=O) groups is 3. The first kappa shape index (κ1) is 13.6. The summed E-state index contributed by atoms with van der Waals surface area (Å²) in [6.45, 7) is 1.35. The highest BCUT2D eigenvalue weighted by Gasteiger charge is 2.04. The molecule has 1 rings (SSSR count). The fraction of sp³-hybridized carbons (Fsp3) is 0.154. The molecule has 0 bridgehead atoms. The molecule has 0 fully saturated rings. The van der Waals surface area contributed by atoms with Gasteiger partial charge in [0.25, 0.3) is 0 Å². The van der Waals surface area contributed by atoms with Gasteiger partial charge in [-0.15, -0.1) is 0 Å². The highest BCUT2D eigenvalue weighted by atomic mass is 16.4. The molecule has 0 aromatic heterocycles. The number of carboxylic acid groups (broad SMARTS) is 1. The van der Waals surface area contributed by atoms with Gasteiger partial charge in [-0.25, -0.2) is 4.79 Å². The Labute approximate surface area is 104 Å². The van der Waals surface area contributed by atoms with E-state index in [0.29, 0.717) is 11.3 Å². The third-order valence-electron chi connectivity index (χ3n) is 2.02. The smallest absolute Gasteiger partial charge is 0.328 e. The summed E-state index contributed by atoms with van der Waals surface area (Å²) in [6.07, 6.45) is 2.33. The van der Waals surface area contributed by atoms with Gasteiger partial charge in [-0.3, -0.25) is 9.59 Å². The van der Waals surface area contributed by atoms with E-state index in [-0.39, 0.29) is 18.1 Å². The van der Waals surface area contributed by atoms with Crippen molar-refractivity contribution in [3.63, 3.8) is 0 Å². The molecule has 5 heteroatoms. The maximum atomic E-state index is 11.3. The fourth-order valence-electron chi connectivity index (χ4n) is 1.28. The Morgan fingerprint density at radius 3 is 2.33 bits per heavy atom. The number of aliphatic carboxylic acids is 1. The summed E-state index contributed by atoms with van der Waals surface area (Å²) in [5, 5.41) is 11.0. The summed E-state index contributed by atoms with van der Waals surface area (Å²) in [4.78, 5) is 32.3. The normalized spacial score (nSPS) is 10.3. The Morgan fingerprint density at radius 2 is 1.83 bits per heavy atom. The van der Waals surface area contributed by atoms with Crippen LogP contribution in [0.25, 0.3) is 6.08 Å². The molecule has 0 spiro atoms. The molecular weight excluding hydrogens is 234 g/mol. The van der Waals surface area contributed by atoms with Crippen molar-refractivity contribution in [2.24, 2.45) is 0 Å². The SMILES string of the molecule is CC(=O)CC(=O)Nc1ccc(C=CC(=O)O)cc1. The Hall–Kier alpha value is -2.43. The first-order chi connectivity index (χ1) is 8.47. The lowest BCUT2D eigenvalue weighted by Gasteiger charge is -2.03. The van der Waals surface area contributed by atoms with Gasteiger partial charge in [0.1, 0.15) is 5.78 Å². The number of anilines is 1. The van der Waals surface area contributed by atoms with Crippen LogP contribution in [0.4, 0.5) is 5.69 Å². The van der Waals surface area contributed by atoms with E-state index in [1.54, 1.807) is 24.3 Å². The monoisotopic (exact) mass is 247 g/mol. The van der Waals surface area contributed by atoms with Gasteiger partial charge in [-0.1, -0.05) is 12.1 Å². The number of benzene rings is 1. The van der Waals surface area contributed by atoms with Gasteiger partial charge >= 0.3 is 5.97 Å². The van der Waals surface area contributed by atoms with Crippen LogP contribution in [0.5, 0.6) is 0 Å². The zero-order valence-corrected chi connectivity index (χ0v) is 9.84. The second-order valence-corrected chi connectivity index (χ2v) is 3.72. The molecule has 0 radical (unpaired) electrons. The van der Waals surface area contributed by atoms with Crippen LogP contribution in [0.15, 0.2) is 30.3 Å². The summed E-state index contributed by atoms with van der Waals surface area (Å²) >= 11 is 0. The van der Waals surface area contributed by atoms with E-state index in [2.05, 4.69) is 5.32 Å². The van der Waals surface area contributed by atoms with E-state index in [0.717, 1.165) is 6.08 Å². The van der Waals surface area contributed by atoms with Gasteiger partial charge in [-0.2, -0.15) is 0 Å². The van der Waals surface area contributed by atoms with Crippen LogP contribution in [0.3, 0.4) is 0 Å². The Balaban J connectivity index is 2.63. The molecule has 2 N–H and O–H groups in total. The van der Waals surface area contributed by atoms with Crippen LogP contribution in [0, 0.1) is 0 Å². The average Bonchev–Trinajstić information content (AvgIpc) is 2.26. The summed E-state index contributed by atoms with van der Waals surface area (Å²) in [5.41, 5.74) is 1.27. The third kappa shape index (κ3) is 5.07. The van der Waals surface area contributed by atoms with E-state index in [4.69, 9.17) is 5.11 Å². The average molecular weight is 247 g/mol. The van der Waals surface area contributed by atoms with E-state index in [1.165, 1.54) is 13.0 Å². The Morgan fingerprint density at radius 1 is 1.22 bits per heavy atom. The molecule has 0 atom stereocenters. The molecule has 0 saturated heterocycles. The summed E-state index contributed by atoms with van der Waals surface area (Å²) < 4.78 is 0. The minimum Gasteiger partial charge on any atom is -0.478 e. The lowest BCUT2D eigenvalue weighted by Crippen LogP contribution is -2.14. The fourth-order valence-corrected chi connectivity index (χ4v) is 1.28. The zero-order chi connectivity index (χ0) is 13.5. The summed E-state index contributed by atoms with van der Waals surface area (Å²) in [5.74, 6) is -1.58. The molecule has 18 heavy (non-hydrogen) atoms. The number of Topliss-reactive ketones (excluding diaryl/α,β-unsaturated/α-hetero) is 1. The topological polar surface area (TPSA) is 83.5 Å². The molecule has 94 valence electrons. The number of rotatable bonds is 5. The van der Waals surface area contributed by atoms with Gasteiger partial charge in [0.2, 0.25) is 5.91 Å². The number of nitrogens with one attached hydrogen (secondary N) is 1. The van der Waals surface area contributed by atoms with Crippen molar-refractivity contribution < 1.29 is 19.5 Å². The van der Waals surface area contributed by atoms with Gasteiger partial charge in [0.15, 0.2) is 0 Å². The highest BCUT2D eigenvalue weighted by molar-refractivity contribution is 6.03. The van der Waals surface area contributed by atoms with Crippen LogP contribution >= 0.6 is 0 Å². The number of carboxylic acids is 1. The predicted molar refractivity (Wildman–Crippen MR) is 67.0 cm³/mol. The minimum absolute atomic E-state index is 0.152. The van der Waals surface area contributed by atoms with Crippen molar-refractivity contribution in [3.8, 4) is 0 Å². The molecule has 0 saturated carbocycles. The number of ketones is 1. The van der Waals surface area contributed by atoms with E-state index in [1.807, 2.05) is 0 Å². The first-order valence-corrected chi connectivity index (χ1v) is 5.28. The zero-order valence-electron chi connectivity index (χ0n) is 9.84. The molecule has 1 aromatic carbocycles. The second-order valence-electron chi connectivity index (χ2n) is 3.72. The Kier molecular flexibility index (Phi) is 4.80. The second kappa shape index (κ2) is 6.34. The van der Waals surface area contributed by atoms with Crippen LogP contribution in [0.2, 0.25) is 0 Å². The van der Waals surface area contributed by atoms with Gasteiger partial charge in [0.05, 0.1) is 6.42 Å². The van der Waals surface area contributed by atoms with Gasteiger partial charge < -0.3 is 10.4 Å². The molecule has 1 aromatic rings. The molecule has 0 aliphatic rings. The van der Waals surface area contributed by atoms with Crippen molar-refractivity contribution in [1.82, 2.24) is 0 Å². The lowest BCUT2D eigenvalue weighted by atomic mass is 10.2. The van der Waals surface area contributed by atoms with Crippen LogP contribution in [-0.4, -0.2) is 22.8 Å². The van der Waals surface area contributed by atoms with Crippen LogP contribution in [-0.2, 0) is 14.4 Å². The number of carbonyl (C=O) groups excluding carboxylic acids is 2. The number of amides is 1. The molecule has 1 amide bonds. The summed E-state index contributed by atoms with van der Waals surface area (Å²) in [6, 6.07) is 6.62. The lowest BCUT2D eigenvalue weighted by molar-refractivity contribution is -0.131. The standard InChI is InChI=1S/C13H13NO4/c1-9(15)8-12(16)14-11-5-2-10(3-6-11)4-7-13(17)18/h2-7H,8H2,1H3,(H,14,16)(H,17,18). The molecular formula is C13H13NO4. The predicted octanol–water partition coefficient (Wildman–Crippen LogP) is 1.70.